The summed E-state index contributed by atoms with van der Waals surface area (Å²) in [5, 5.41) is 16.0. The lowest BCUT2D eigenvalue weighted by Gasteiger charge is -2.43. The van der Waals surface area contributed by atoms with Crippen molar-refractivity contribution < 1.29 is 9.53 Å². The number of benzene rings is 1. The predicted molar refractivity (Wildman–Crippen MR) is 157 cm³/mol. The number of aromatic nitrogens is 5. The molecule has 0 radical (unpaired) electrons. The van der Waals surface area contributed by atoms with Crippen molar-refractivity contribution in [2.45, 2.75) is 38.6 Å². The Morgan fingerprint density at radius 3 is 2.70 bits per heavy atom. The van der Waals surface area contributed by atoms with Gasteiger partial charge in [-0.25, -0.2) is 9.50 Å². The third-order valence-electron chi connectivity index (χ3n) is 7.61. The number of rotatable bonds is 8. The molecule has 1 aliphatic heterocycles. The smallest absolute Gasteiger partial charge is 0.244 e. The predicted octanol–water partition coefficient (Wildman–Crippen LogP) is 4.95. The molecule has 0 atom stereocenters. The molecule has 1 saturated heterocycles. The van der Waals surface area contributed by atoms with E-state index in [9.17, 15) is 4.79 Å². The van der Waals surface area contributed by atoms with Crippen molar-refractivity contribution >= 4 is 28.3 Å². The molecule has 9 heteroatoms. The minimum atomic E-state index is -0.294. The first-order valence-electron chi connectivity index (χ1n) is 13.8. The van der Waals surface area contributed by atoms with Crippen LogP contribution in [0.15, 0.2) is 79.3 Å². The zero-order valence-corrected chi connectivity index (χ0v) is 22.8. The fourth-order valence-electron chi connectivity index (χ4n) is 5.69. The minimum absolute atomic E-state index is 0.0402. The van der Waals surface area contributed by atoms with E-state index in [-0.39, 0.29) is 11.4 Å². The number of aromatic amines is 1. The Hall–Kier alpha value is -4.66. The monoisotopic (exact) mass is 535 g/mol. The van der Waals surface area contributed by atoms with Crippen LogP contribution in [0.5, 0.6) is 5.75 Å². The van der Waals surface area contributed by atoms with Gasteiger partial charge in [-0.05, 0) is 62.9 Å². The fraction of sp³-hybridized carbons (Fsp3) is 0.290. The summed E-state index contributed by atoms with van der Waals surface area (Å²) in [6, 6.07) is 16.6. The maximum Gasteiger partial charge on any atom is 0.244 e. The molecule has 40 heavy (non-hydrogen) atoms. The van der Waals surface area contributed by atoms with Crippen molar-refractivity contribution in [1.29, 1.82) is 0 Å². The molecule has 0 bridgehead atoms. The van der Waals surface area contributed by atoms with Crippen LogP contribution in [0.25, 0.3) is 27.7 Å². The van der Waals surface area contributed by atoms with Gasteiger partial charge in [0.05, 0.1) is 29.9 Å². The Balaban J connectivity index is 1.24. The summed E-state index contributed by atoms with van der Waals surface area (Å²) >= 11 is 0. The van der Waals surface area contributed by atoms with Crippen LogP contribution in [0.4, 0.5) is 5.82 Å². The molecule has 0 aliphatic carbocycles. The lowest BCUT2D eigenvalue weighted by Crippen LogP contribution is -2.56. The Labute approximate surface area is 232 Å². The van der Waals surface area contributed by atoms with E-state index in [4.69, 9.17) is 9.72 Å². The van der Waals surface area contributed by atoms with Gasteiger partial charge in [0.1, 0.15) is 11.6 Å². The number of fused-ring (bicyclic) bond motifs is 3. The van der Waals surface area contributed by atoms with Gasteiger partial charge in [0.25, 0.3) is 0 Å². The van der Waals surface area contributed by atoms with E-state index >= 15 is 0 Å². The minimum Gasteiger partial charge on any atom is -0.492 e. The summed E-state index contributed by atoms with van der Waals surface area (Å²) < 4.78 is 7.67. The van der Waals surface area contributed by atoms with Gasteiger partial charge in [0.15, 0.2) is 5.65 Å². The van der Waals surface area contributed by atoms with E-state index in [1.165, 1.54) is 5.56 Å². The highest BCUT2D eigenvalue weighted by Gasteiger charge is 2.36. The van der Waals surface area contributed by atoms with Crippen molar-refractivity contribution in [3.05, 3.63) is 84.8 Å². The summed E-state index contributed by atoms with van der Waals surface area (Å²) in [4.78, 5) is 19.8. The molecular weight excluding hydrogens is 502 g/mol. The topological polar surface area (TPSA) is 100 Å². The number of amides is 1. The average Bonchev–Trinajstić information content (AvgIpc) is 3.55. The molecule has 1 amide bonds. The first kappa shape index (κ1) is 25.6. The van der Waals surface area contributed by atoms with E-state index in [1.807, 2.05) is 42.9 Å². The third-order valence-corrected chi connectivity index (χ3v) is 7.61. The maximum atomic E-state index is 12.6. The summed E-state index contributed by atoms with van der Waals surface area (Å²) in [7, 11) is 0. The van der Waals surface area contributed by atoms with Crippen LogP contribution in [-0.2, 0) is 11.2 Å². The number of piperidine rings is 1. The number of hydrogen-bond donors (Lipinski definition) is 2. The van der Waals surface area contributed by atoms with E-state index in [1.54, 1.807) is 18.3 Å². The Morgan fingerprint density at radius 1 is 1.15 bits per heavy atom. The molecule has 1 aliphatic rings. The molecule has 1 aromatic carbocycles. The second kappa shape index (κ2) is 10.8. The summed E-state index contributed by atoms with van der Waals surface area (Å²) in [5.74, 6) is 1.63. The Morgan fingerprint density at radius 2 is 1.98 bits per heavy atom. The molecule has 5 aromatic rings. The van der Waals surface area contributed by atoms with Gasteiger partial charge in [0.2, 0.25) is 5.91 Å². The molecule has 6 rings (SSSR count). The largest absolute Gasteiger partial charge is 0.492 e. The second-order valence-electron chi connectivity index (χ2n) is 10.3. The molecule has 4 aromatic heterocycles. The van der Waals surface area contributed by atoms with Crippen LogP contribution >= 0.6 is 0 Å². The number of ether oxygens (including phenoxy) is 1. The summed E-state index contributed by atoms with van der Waals surface area (Å²) in [5.41, 5.74) is 4.59. The van der Waals surface area contributed by atoms with Crippen molar-refractivity contribution in [3.63, 3.8) is 0 Å². The number of nitrogens with zero attached hydrogens (tertiary/aromatic N) is 5. The standard InChI is InChI=1S/C31H33N7O2/c1-3-8-28(39)34-31(18-22-9-6-5-7-10-22)13-15-37(16-14-31)27-12-11-23(19-32-27)25-17-24(40-4-2)21-38-29(25)26-20-33-35-30(26)36-38/h3,5-12,17,19-21H,4,13-16,18H2,1-2H3,(H,34,39)(H,35,36)/b8-3+. The average molecular weight is 536 g/mol. The number of H-pyrrole nitrogens is 1. The molecule has 0 spiro atoms. The number of nitrogens with one attached hydrogen (secondary N) is 2. The normalized spacial score (nSPS) is 15.2. The van der Waals surface area contributed by atoms with Crippen LogP contribution in [-0.4, -0.2) is 55.9 Å². The first-order valence-corrected chi connectivity index (χ1v) is 13.8. The van der Waals surface area contributed by atoms with Gasteiger partial charge >= 0.3 is 0 Å². The van der Waals surface area contributed by atoms with Gasteiger partial charge in [-0.1, -0.05) is 36.4 Å². The third kappa shape index (κ3) is 5.02. The molecule has 1 fully saturated rings. The second-order valence-corrected chi connectivity index (χ2v) is 10.3. The van der Waals surface area contributed by atoms with Crippen LogP contribution in [0.3, 0.4) is 0 Å². The highest BCUT2D eigenvalue weighted by atomic mass is 16.5. The molecule has 0 unspecified atom stereocenters. The fourth-order valence-corrected chi connectivity index (χ4v) is 5.69. The molecule has 9 nitrogen and oxygen atoms in total. The van der Waals surface area contributed by atoms with E-state index < -0.39 is 0 Å². The number of allylic oxidation sites excluding steroid dienone is 1. The van der Waals surface area contributed by atoms with E-state index in [0.717, 1.165) is 71.6 Å². The molecule has 5 heterocycles. The number of carbonyl (C=O) groups is 1. The van der Waals surface area contributed by atoms with Gasteiger partial charge < -0.3 is 15.0 Å². The SMILES string of the molecule is C/C=C/C(=O)NC1(Cc2ccccc2)CCN(c2ccc(-c3cc(OCC)cn4nc5[nH]ncc5c34)cn2)CC1. The molecule has 0 saturated carbocycles. The lowest BCUT2D eigenvalue weighted by molar-refractivity contribution is -0.118. The number of anilines is 1. The quantitative estimate of drug-likeness (QED) is 0.273. The molecular formula is C31H33N7O2. The summed E-state index contributed by atoms with van der Waals surface area (Å²) in [6.45, 7) is 6.01. The lowest BCUT2D eigenvalue weighted by atomic mass is 9.81. The van der Waals surface area contributed by atoms with Crippen molar-refractivity contribution in [2.24, 2.45) is 0 Å². The van der Waals surface area contributed by atoms with Gasteiger partial charge in [0, 0.05) is 36.0 Å². The maximum absolute atomic E-state index is 12.6. The van der Waals surface area contributed by atoms with Gasteiger partial charge in [-0.15, -0.1) is 5.10 Å². The van der Waals surface area contributed by atoms with Gasteiger partial charge in [-0.2, -0.15) is 5.10 Å². The van der Waals surface area contributed by atoms with Crippen molar-refractivity contribution in [1.82, 2.24) is 30.1 Å². The molecule has 2 N–H and O–H groups in total. The number of carbonyl (C=O) groups excluding carboxylic acids is 1. The number of hydrogen-bond acceptors (Lipinski definition) is 6. The van der Waals surface area contributed by atoms with Crippen LogP contribution in [0.2, 0.25) is 0 Å². The first-order chi connectivity index (χ1) is 19.6. The summed E-state index contributed by atoms with van der Waals surface area (Å²) in [6.07, 6.45) is 11.5. The van der Waals surface area contributed by atoms with E-state index in [0.29, 0.717) is 6.61 Å². The number of pyridine rings is 2. The van der Waals surface area contributed by atoms with Crippen molar-refractivity contribution in [3.8, 4) is 16.9 Å². The van der Waals surface area contributed by atoms with Crippen LogP contribution < -0.4 is 15.0 Å². The zero-order chi connectivity index (χ0) is 27.5. The van der Waals surface area contributed by atoms with Crippen LogP contribution in [0, 0.1) is 0 Å². The zero-order valence-electron chi connectivity index (χ0n) is 22.8. The van der Waals surface area contributed by atoms with Crippen molar-refractivity contribution in [2.75, 3.05) is 24.6 Å². The van der Waals surface area contributed by atoms with Crippen LogP contribution in [0.1, 0.15) is 32.3 Å². The highest BCUT2D eigenvalue weighted by molar-refractivity contribution is 6.00. The highest BCUT2D eigenvalue weighted by Crippen LogP contribution is 2.34. The van der Waals surface area contributed by atoms with E-state index in [2.05, 4.69) is 61.9 Å². The Kier molecular flexibility index (Phi) is 6.94. The van der Waals surface area contributed by atoms with Gasteiger partial charge in [-0.3, -0.25) is 9.89 Å². The Bertz CT molecular complexity index is 1650. The molecule has 204 valence electrons.